The Morgan fingerprint density at radius 1 is 1.40 bits per heavy atom. The lowest BCUT2D eigenvalue weighted by molar-refractivity contribution is -0.134. The third kappa shape index (κ3) is 3.20. The third-order valence-corrected chi connectivity index (χ3v) is 3.53. The number of carbonyl (C=O) groups is 1. The van der Waals surface area contributed by atoms with E-state index in [0.29, 0.717) is 11.9 Å². The molecule has 0 aromatic heterocycles. The Bertz CT molecular complexity index is 208. The zero-order valence-electron chi connectivity index (χ0n) is 10.5. The number of carbonyl (C=O) groups excluding carboxylic acids is 1. The molecule has 1 heterocycles. The number of likely N-dealkylation sites (tertiary alicyclic amines) is 1. The largest absolute Gasteiger partial charge is 0.349 e. The van der Waals surface area contributed by atoms with Gasteiger partial charge in [-0.25, -0.2) is 0 Å². The Labute approximate surface area is 93.4 Å². The van der Waals surface area contributed by atoms with E-state index >= 15 is 0 Å². The fourth-order valence-electron chi connectivity index (χ4n) is 2.21. The topological polar surface area (TPSA) is 23.6 Å². The molecule has 0 aromatic carbocycles. The van der Waals surface area contributed by atoms with Crippen LogP contribution >= 0.6 is 0 Å². The van der Waals surface area contributed by atoms with Crippen molar-refractivity contribution in [1.82, 2.24) is 9.80 Å². The number of amides is 1. The van der Waals surface area contributed by atoms with E-state index in [1.807, 2.05) is 14.1 Å². The van der Waals surface area contributed by atoms with Gasteiger partial charge in [-0.3, -0.25) is 4.79 Å². The van der Waals surface area contributed by atoms with Crippen LogP contribution in [0.5, 0.6) is 0 Å². The van der Waals surface area contributed by atoms with Crippen molar-refractivity contribution in [1.29, 1.82) is 0 Å². The van der Waals surface area contributed by atoms with E-state index in [1.54, 1.807) is 4.90 Å². The lowest BCUT2D eigenvalue weighted by Crippen LogP contribution is -2.43. The first-order valence-electron chi connectivity index (χ1n) is 6.01. The van der Waals surface area contributed by atoms with Crippen molar-refractivity contribution in [3.05, 3.63) is 0 Å². The van der Waals surface area contributed by atoms with Crippen LogP contribution in [0.3, 0.4) is 0 Å². The number of piperidine rings is 1. The molecule has 1 amide bonds. The first kappa shape index (κ1) is 12.5. The van der Waals surface area contributed by atoms with Crippen LogP contribution in [-0.2, 0) is 4.79 Å². The van der Waals surface area contributed by atoms with Gasteiger partial charge in [-0.2, -0.15) is 0 Å². The molecule has 15 heavy (non-hydrogen) atoms. The van der Waals surface area contributed by atoms with Gasteiger partial charge >= 0.3 is 0 Å². The highest BCUT2D eigenvalue weighted by molar-refractivity contribution is 5.78. The summed E-state index contributed by atoms with van der Waals surface area (Å²) in [7, 11) is 3.70. The fraction of sp³-hybridized carbons (Fsp3) is 0.917. The summed E-state index contributed by atoms with van der Waals surface area (Å²) in [6, 6.07) is 0.667. The van der Waals surface area contributed by atoms with Gasteiger partial charge in [0.15, 0.2) is 0 Å². The van der Waals surface area contributed by atoms with Gasteiger partial charge in [0.2, 0.25) is 5.91 Å². The van der Waals surface area contributed by atoms with Crippen LogP contribution in [0.4, 0.5) is 0 Å². The maximum Gasteiger partial charge on any atom is 0.225 e. The summed E-state index contributed by atoms with van der Waals surface area (Å²) in [5, 5.41) is 0. The number of rotatable bonds is 3. The van der Waals surface area contributed by atoms with Crippen LogP contribution in [-0.4, -0.2) is 48.9 Å². The van der Waals surface area contributed by atoms with Crippen molar-refractivity contribution < 1.29 is 4.79 Å². The molecular weight excluding hydrogens is 188 g/mol. The van der Waals surface area contributed by atoms with Crippen molar-refractivity contribution in [2.24, 2.45) is 5.92 Å². The van der Waals surface area contributed by atoms with Crippen LogP contribution in [0.25, 0.3) is 0 Å². The standard InChI is InChI=1S/C12H24N2O/c1-5-10(2)14-8-6-11(7-9-14)12(15)13(3)4/h10-11H,5-9H2,1-4H3. The SMILES string of the molecule is CCC(C)N1CCC(C(=O)N(C)C)CC1. The van der Waals surface area contributed by atoms with E-state index in [1.165, 1.54) is 6.42 Å². The Kier molecular flexibility index (Phi) is 4.58. The van der Waals surface area contributed by atoms with Crippen molar-refractivity contribution in [3.8, 4) is 0 Å². The fourth-order valence-corrected chi connectivity index (χ4v) is 2.21. The lowest BCUT2D eigenvalue weighted by atomic mass is 9.94. The average Bonchev–Trinajstić information content (AvgIpc) is 2.27. The highest BCUT2D eigenvalue weighted by atomic mass is 16.2. The second-order valence-electron chi connectivity index (χ2n) is 4.80. The average molecular weight is 212 g/mol. The summed E-state index contributed by atoms with van der Waals surface area (Å²) in [5.41, 5.74) is 0. The predicted molar refractivity (Wildman–Crippen MR) is 62.7 cm³/mol. The molecule has 1 rings (SSSR count). The van der Waals surface area contributed by atoms with E-state index < -0.39 is 0 Å². The van der Waals surface area contributed by atoms with E-state index in [0.717, 1.165) is 25.9 Å². The summed E-state index contributed by atoms with van der Waals surface area (Å²) >= 11 is 0. The molecule has 1 fully saturated rings. The van der Waals surface area contributed by atoms with Gasteiger partial charge in [0.1, 0.15) is 0 Å². The highest BCUT2D eigenvalue weighted by Crippen LogP contribution is 2.21. The van der Waals surface area contributed by atoms with Crippen LogP contribution in [0.2, 0.25) is 0 Å². The van der Waals surface area contributed by atoms with E-state index in [4.69, 9.17) is 0 Å². The monoisotopic (exact) mass is 212 g/mol. The summed E-state index contributed by atoms with van der Waals surface area (Å²) in [5.74, 6) is 0.569. The third-order valence-electron chi connectivity index (χ3n) is 3.53. The first-order chi connectivity index (χ1) is 7.06. The molecule has 0 spiro atoms. The van der Waals surface area contributed by atoms with Gasteiger partial charge < -0.3 is 9.80 Å². The molecule has 0 N–H and O–H groups in total. The first-order valence-corrected chi connectivity index (χ1v) is 6.01. The van der Waals surface area contributed by atoms with Gasteiger partial charge in [-0.15, -0.1) is 0 Å². The highest BCUT2D eigenvalue weighted by Gasteiger charge is 2.27. The molecule has 0 bridgehead atoms. The van der Waals surface area contributed by atoms with Crippen molar-refractivity contribution in [2.45, 2.75) is 39.2 Å². The predicted octanol–water partition coefficient (Wildman–Crippen LogP) is 1.59. The smallest absolute Gasteiger partial charge is 0.225 e. The van der Waals surface area contributed by atoms with E-state index in [2.05, 4.69) is 18.7 Å². The van der Waals surface area contributed by atoms with Crippen molar-refractivity contribution >= 4 is 5.91 Å². The van der Waals surface area contributed by atoms with Crippen LogP contribution in [0, 0.1) is 5.92 Å². The summed E-state index contributed by atoms with van der Waals surface area (Å²) in [6.07, 6.45) is 3.26. The zero-order chi connectivity index (χ0) is 11.4. The van der Waals surface area contributed by atoms with Crippen LogP contribution in [0.1, 0.15) is 33.1 Å². The molecule has 1 aliphatic heterocycles. The van der Waals surface area contributed by atoms with Gasteiger partial charge in [-0.1, -0.05) is 6.92 Å². The normalized spacial score (nSPS) is 21.3. The number of hydrogen-bond donors (Lipinski definition) is 0. The van der Waals surface area contributed by atoms with E-state index in [-0.39, 0.29) is 5.92 Å². The molecular formula is C12H24N2O. The minimum absolute atomic E-state index is 0.264. The van der Waals surface area contributed by atoms with Crippen molar-refractivity contribution in [2.75, 3.05) is 27.2 Å². The molecule has 0 radical (unpaired) electrons. The van der Waals surface area contributed by atoms with Crippen LogP contribution < -0.4 is 0 Å². The van der Waals surface area contributed by atoms with Gasteiger partial charge in [-0.05, 0) is 39.3 Å². The summed E-state index contributed by atoms with van der Waals surface area (Å²) in [6.45, 7) is 6.66. The quantitative estimate of drug-likeness (QED) is 0.709. The molecule has 88 valence electrons. The molecule has 1 aliphatic rings. The maximum absolute atomic E-state index is 11.8. The van der Waals surface area contributed by atoms with Gasteiger partial charge in [0, 0.05) is 26.1 Å². The Hall–Kier alpha value is -0.570. The van der Waals surface area contributed by atoms with Crippen LogP contribution in [0.15, 0.2) is 0 Å². The van der Waals surface area contributed by atoms with E-state index in [9.17, 15) is 4.79 Å². The number of nitrogens with zero attached hydrogens (tertiary/aromatic N) is 2. The second-order valence-corrected chi connectivity index (χ2v) is 4.80. The molecule has 1 saturated heterocycles. The molecule has 1 unspecified atom stereocenters. The molecule has 3 heteroatoms. The molecule has 1 atom stereocenters. The minimum Gasteiger partial charge on any atom is -0.349 e. The summed E-state index contributed by atoms with van der Waals surface area (Å²) < 4.78 is 0. The van der Waals surface area contributed by atoms with Gasteiger partial charge in [0.05, 0.1) is 0 Å². The molecule has 0 saturated carbocycles. The second kappa shape index (κ2) is 5.50. The van der Waals surface area contributed by atoms with Gasteiger partial charge in [0.25, 0.3) is 0 Å². The maximum atomic E-state index is 11.8. The molecule has 3 nitrogen and oxygen atoms in total. The zero-order valence-corrected chi connectivity index (χ0v) is 10.5. The van der Waals surface area contributed by atoms with Crippen molar-refractivity contribution in [3.63, 3.8) is 0 Å². The lowest BCUT2D eigenvalue weighted by Gasteiger charge is -2.35. The Morgan fingerprint density at radius 2 is 1.93 bits per heavy atom. The Balaban J connectivity index is 2.39. The minimum atomic E-state index is 0.264. The molecule has 0 aliphatic carbocycles. The number of hydrogen-bond acceptors (Lipinski definition) is 2. The Morgan fingerprint density at radius 3 is 2.33 bits per heavy atom. The summed E-state index contributed by atoms with van der Waals surface area (Å²) in [4.78, 5) is 16.0. The molecule has 0 aromatic rings.